The highest BCUT2D eigenvalue weighted by atomic mass is 32.1. The number of benzene rings is 2. The van der Waals surface area contributed by atoms with Gasteiger partial charge in [0.15, 0.2) is 0 Å². The van der Waals surface area contributed by atoms with Crippen LogP contribution in [0.1, 0.15) is 47.7 Å². The predicted octanol–water partition coefficient (Wildman–Crippen LogP) is 5.71. The van der Waals surface area contributed by atoms with Crippen molar-refractivity contribution in [1.29, 1.82) is 0 Å². The van der Waals surface area contributed by atoms with Crippen LogP contribution in [0.5, 0.6) is 0 Å². The zero-order chi connectivity index (χ0) is 21.4. The van der Waals surface area contributed by atoms with Gasteiger partial charge in [-0.1, -0.05) is 49.4 Å². The van der Waals surface area contributed by atoms with E-state index >= 15 is 0 Å². The average molecular weight is 419 g/mol. The van der Waals surface area contributed by atoms with Crippen molar-refractivity contribution >= 4 is 33.3 Å². The Morgan fingerprint density at radius 3 is 2.47 bits per heavy atom. The minimum absolute atomic E-state index is 0.0683. The summed E-state index contributed by atoms with van der Waals surface area (Å²) in [4.78, 5) is 17.4. The van der Waals surface area contributed by atoms with E-state index in [1.54, 1.807) is 16.0 Å². The summed E-state index contributed by atoms with van der Waals surface area (Å²) < 4.78 is 2.84. The van der Waals surface area contributed by atoms with Crippen LogP contribution >= 0.6 is 11.3 Å². The molecule has 1 amide bonds. The molecule has 0 aliphatic carbocycles. The van der Waals surface area contributed by atoms with Crippen molar-refractivity contribution in [3.8, 4) is 5.13 Å². The van der Waals surface area contributed by atoms with Gasteiger partial charge in [-0.3, -0.25) is 4.79 Å². The SMILES string of the molecule is Cc1cc(NC(=O)Cc2ccc(C(C)C)cc2)n(-c2nc3cc(C)c(C)cc3s2)n1. The van der Waals surface area contributed by atoms with Gasteiger partial charge in [0.05, 0.1) is 22.3 Å². The molecule has 30 heavy (non-hydrogen) atoms. The Morgan fingerprint density at radius 1 is 1.07 bits per heavy atom. The van der Waals surface area contributed by atoms with Crippen LogP contribution < -0.4 is 5.32 Å². The third-order valence-corrected chi connectivity index (χ3v) is 6.28. The van der Waals surface area contributed by atoms with Crippen LogP contribution in [-0.4, -0.2) is 20.7 Å². The van der Waals surface area contributed by atoms with Gasteiger partial charge in [-0.15, -0.1) is 0 Å². The Labute approximate surface area is 180 Å². The molecule has 0 aliphatic rings. The molecule has 2 aromatic carbocycles. The number of thiazole rings is 1. The van der Waals surface area contributed by atoms with E-state index in [2.05, 4.69) is 62.4 Å². The molecule has 0 atom stereocenters. The zero-order valence-electron chi connectivity index (χ0n) is 18.0. The van der Waals surface area contributed by atoms with E-state index in [0.717, 1.165) is 26.6 Å². The van der Waals surface area contributed by atoms with Crippen molar-refractivity contribution in [3.05, 3.63) is 70.4 Å². The van der Waals surface area contributed by atoms with Crippen LogP contribution in [0.25, 0.3) is 15.3 Å². The van der Waals surface area contributed by atoms with Gasteiger partial charge in [0.2, 0.25) is 11.0 Å². The number of rotatable bonds is 5. The summed E-state index contributed by atoms with van der Waals surface area (Å²) in [7, 11) is 0. The summed E-state index contributed by atoms with van der Waals surface area (Å²) in [6, 6.07) is 14.4. The monoisotopic (exact) mass is 418 g/mol. The number of nitrogens with one attached hydrogen (secondary N) is 1. The molecule has 0 spiro atoms. The van der Waals surface area contributed by atoms with Crippen molar-refractivity contribution < 1.29 is 4.79 Å². The number of carbonyl (C=O) groups excluding carboxylic acids is 1. The normalized spacial score (nSPS) is 11.4. The number of anilines is 1. The molecule has 2 heterocycles. The van der Waals surface area contributed by atoms with Gasteiger partial charge in [0.1, 0.15) is 5.82 Å². The molecule has 0 saturated heterocycles. The summed E-state index contributed by atoms with van der Waals surface area (Å²) in [6.07, 6.45) is 0.320. The number of hydrogen-bond acceptors (Lipinski definition) is 4. The standard InChI is InChI=1S/C24H26N4OS/c1-14(2)19-8-6-18(7-9-19)13-23(29)26-22-12-17(5)27-28(22)24-25-20-10-15(3)16(4)11-21(20)30-24/h6-12,14H,13H2,1-5H3,(H,26,29). The molecule has 0 unspecified atom stereocenters. The molecule has 1 N–H and O–H groups in total. The van der Waals surface area contributed by atoms with Crippen LogP contribution in [0.4, 0.5) is 5.82 Å². The lowest BCUT2D eigenvalue weighted by Gasteiger charge is -2.08. The second-order valence-electron chi connectivity index (χ2n) is 8.10. The fourth-order valence-corrected chi connectivity index (χ4v) is 4.40. The third kappa shape index (κ3) is 4.14. The first kappa shape index (κ1) is 20.3. The van der Waals surface area contributed by atoms with Crippen LogP contribution in [0.3, 0.4) is 0 Å². The number of nitrogens with zero attached hydrogens (tertiary/aromatic N) is 3. The molecule has 154 valence electrons. The molecule has 4 aromatic rings. The highest BCUT2D eigenvalue weighted by molar-refractivity contribution is 7.20. The Kier molecular flexibility index (Phi) is 5.43. The first-order valence-corrected chi connectivity index (χ1v) is 11.0. The number of fused-ring (bicyclic) bond motifs is 1. The fraction of sp³-hybridized carbons (Fsp3) is 0.292. The average Bonchev–Trinajstić information content (AvgIpc) is 3.25. The van der Waals surface area contributed by atoms with Gasteiger partial charge < -0.3 is 5.32 Å². The maximum absolute atomic E-state index is 12.7. The minimum atomic E-state index is -0.0683. The molecule has 0 saturated carbocycles. The van der Waals surface area contributed by atoms with Crippen LogP contribution in [0, 0.1) is 20.8 Å². The lowest BCUT2D eigenvalue weighted by atomic mass is 10.0. The molecule has 4 rings (SSSR count). The lowest BCUT2D eigenvalue weighted by molar-refractivity contribution is -0.115. The topological polar surface area (TPSA) is 59.8 Å². The summed E-state index contributed by atoms with van der Waals surface area (Å²) in [5.41, 5.74) is 6.51. The minimum Gasteiger partial charge on any atom is -0.310 e. The highest BCUT2D eigenvalue weighted by Crippen LogP contribution is 2.29. The summed E-state index contributed by atoms with van der Waals surface area (Å²) in [5.74, 6) is 1.05. The second kappa shape index (κ2) is 8.03. The van der Waals surface area contributed by atoms with E-state index in [4.69, 9.17) is 4.98 Å². The smallest absolute Gasteiger partial charge is 0.229 e. The van der Waals surface area contributed by atoms with Crippen molar-refractivity contribution in [3.63, 3.8) is 0 Å². The molecule has 6 heteroatoms. The fourth-order valence-electron chi connectivity index (χ4n) is 3.39. The van der Waals surface area contributed by atoms with E-state index in [0.29, 0.717) is 18.2 Å². The molecule has 0 bridgehead atoms. The van der Waals surface area contributed by atoms with E-state index < -0.39 is 0 Å². The Bertz CT molecular complexity index is 1180. The molecular weight excluding hydrogens is 392 g/mol. The quantitative estimate of drug-likeness (QED) is 0.451. The second-order valence-corrected chi connectivity index (χ2v) is 9.11. The first-order valence-electron chi connectivity index (χ1n) is 10.1. The molecular formula is C24H26N4OS. The van der Waals surface area contributed by atoms with Gasteiger partial charge in [-0.05, 0) is 61.1 Å². The van der Waals surface area contributed by atoms with E-state index in [-0.39, 0.29) is 5.91 Å². The van der Waals surface area contributed by atoms with Crippen molar-refractivity contribution in [2.24, 2.45) is 0 Å². The van der Waals surface area contributed by atoms with Crippen molar-refractivity contribution in [1.82, 2.24) is 14.8 Å². The lowest BCUT2D eigenvalue weighted by Crippen LogP contribution is -2.17. The summed E-state index contributed by atoms with van der Waals surface area (Å²) in [6.45, 7) is 10.4. The number of amides is 1. The van der Waals surface area contributed by atoms with Crippen molar-refractivity contribution in [2.45, 2.75) is 47.0 Å². The summed E-state index contributed by atoms with van der Waals surface area (Å²) >= 11 is 1.57. The van der Waals surface area contributed by atoms with E-state index in [1.165, 1.54) is 16.7 Å². The Hall–Kier alpha value is -2.99. The Morgan fingerprint density at radius 2 is 1.77 bits per heavy atom. The largest absolute Gasteiger partial charge is 0.310 e. The van der Waals surface area contributed by atoms with Gasteiger partial charge in [-0.25, -0.2) is 4.98 Å². The maximum Gasteiger partial charge on any atom is 0.229 e. The summed E-state index contributed by atoms with van der Waals surface area (Å²) in [5, 5.41) is 8.32. The maximum atomic E-state index is 12.7. The molecule has 0 aliphatic heterocycles. The van der Waals surface area contributed by atoms with Gasteiger partial charge in [0.25, 0.3) is 0 Å². The number of hydrogen-bond donors (Lipinski definition) is 1. The van der Waals surface area contributed by atoms with Crippen molar-refractivity contribution in [2.75, 3.05) is 5.32 Å². The molecule has 0 fully saturated rings. The number of aryl methyl sites for hydroxylation is 3. The number of carbonyl (C=O) groups is 1. The van der Waals surface area contributed by atoms with Crippen LogP contribution in [-0.2, 0) is 11.2 Å². The molecule has 0 radical (unpaired) electrons. The molecule has 2 aromatic heterocycles. The van der Waals surface area contributed by atoms with E-state index in [9.17, 15) is 4.79 Å². The Balaban J connectivity index is 1.56. The van der Waals surface area contributed by atoms with Crippen LogP contribution in [0.2, 0.25) is 0 Å². The molecule has 5 nitrogen and oxygen atoms in total. The van der Waals surface area contributed by atoms with E-state index in [1.807, 2.05) is 25.1 Å². The third-order valence-electron chi connectivity index (χ3n) is 5.28. The van der Waals surface area contributed by atoms with Crippen LogP contribution in [0.15, 0.2) is 42.5 Å². The number of aromatic nitrogens is 3. The zero-order valence-corrected chi connectivity index (χ0v) is 18.8. The van der Waals surface area contributed by atoms with Gasteiger partial charge in [-0.2, -0.15) is 9.78 Å². The predicted molar refractivity (Wildman–Crippen MR) is 124 cm³/mol. The van der Waals surface area contributed by atoms with Gasteiger partial charge >= 0.3 is 0 Å². The first-order chi connectivity index (χ1) is 14.3. The van der Waals surface area contributed by atoms with Gasteiger partial charge in [0, 0.05) is 6.07 Å². The highest BCUT2D eigenvalue weighted by Gasteiger charge is 2.15.